The van der Waals surface area contributed by atoms with E-state index in [2.05, 4.69) is 10.3 Å². The molecule has 0 aliphatic heterocycles. The van der Waals surface area contributed by atoms with E-state index in [1.54, 1.807) is 12.1 Å². The van der Waals surface area contributed by atoms with Gasteiger partial charge in [-0.25, -0.2) is 4.79 Å². The van der Waals surface area contributed by atoms with Crippen molar-refractivity contribution in [2.45, 2.75) is 51.4 Å². The van der Waals surface area contributed by atoms with Gasteiger partial charge in [0.05, 0.1) is 9.75 Å². The van der Waals surface area contributed by atoms with Crippen molar-refractivity contribution in [3.63, 3.8) is 0 Å². The molecule has 0 bridgehead atoms. The number of rotatable bonds is 14. The summed E-state index contributed by atoms with van der Waals surface area (Å²) in [5.74, 6) is -0.558. The average Bonchev–Trinajstić information content (AvgIpc) is 3.76. The van der Waals surface area contributed by atoms with Crippen LogP contribution in [0.2, 0.25) is 0 Å². The normalized spacial score (nSPS) is 10.5. The fourth-order valence-corrected chi connectivity index (χ4v) is 4.58. The molecule has 0 unspecified atom stereocenters. The Balaban J connectivity index is 0.000000242. The predicted octanol–water partition coefficient (Wildman–Crippen LogP) is 6.02. The molecule has 224 valence electrons. The zero-order valence-electron chi connectivity index (χ0n) is 22.3. The molecular formula is C27H33F2N3O7S2. The van der Waals surface area contributed by atoms with E-state index in [9.17, 15) is 18.4 Å². The molecule has 5 N–H and O–H groups in total. The Kier molecular flexibility index (Phi) is 15.7. The number of carbonyl (C=O) groups excluding carboxylic acids is 1. The van der Waals surface area contributed by atoms with Crippen LogP contribution in [0.15, 0.2) is 45.4 Å². The fourth-order valence-electron chi connectivity index (χ4n) is 3.22. The number of carboxylic acids is 1. The average molecular weight is 614 g/mol. The summed E-state index contributed by atoms with van der Waals surface area (Å²) in [6.07, 6.45) is 6.79. The predicted molar refractivity (Wildman–Crippen MR) is 151 cm³/mol. The van der Waals surface area contributed by atoms with Gasteiger partial charge in [-0.15, -0.1) is 22.7 Å². The van der Waals surface area contributed by atoms with Crippen LogP contribution in [0.5, 0.6) is 0 Å². The van der Waals surface area contributed by atoms with Gasteiger partial charge in [-0.3, -0.25) is 4.79 Å². The first-order valence-electron chi connectivity index (χ1n) is 12.9. The Morgan fingerprint density at radius 1 is 0.756 bits per heavy atom. The number of nitrogens with zero attached hydrogens (tertiary/aromatic N) is 2. The second kappa shape index (κ2) is 18.9. The summed E-state index contributed by atoms with van der Waals surface area (Å²) in [4.78, 5) is 23.5. The number of hydrogen-bond acceptors (Lipinski definition) is 11. The van der Waals surface area contributed by atoms with Crippen LogP contribution in [0.1, 0.15) is 72.3 Å². The maximum absolute atomic E-state index is 12.9. The van der Waals surface area contributed by atoms with Gasteiger partial charge in [0.25, 0.3) is 0 Å². The number of hydrogen-bond donors (Lipinski definition) is 4. The number of unbranched alkanes of at least 4 members (excludes halogenated alkanes) is 5. The van der Waals surface area contributed by atoms with Gasteiger partial charge in [0.1, 0.15) is 5.69 Å². The highest BCUT2D eigenvalue weighted by Gasteiger charge is 2.15. The third-order valence-electron chi connectivity index (χ3n) is 5.33. The molecule has 4 rings (SSSR count). The number of carboxylic acid groups (broad SMARTS) is 1. The lowest BCUT2D eigenvalue weighted by Crippen LogP contribution is -1.99. The highest BCUT2D eigenvalue weighted by molar-refractivity contribution is 7.14. The van der Waals surface area contributed by atoms with Crippen molar-refractivity contribution in [1.82, 2.24) is 10.3 Å². The fraction of sp³-hybridized carbons (Fsp3) is 0.407. The number of nitrogens with two attached hydrogens (primary N) is 1. The van der Waals surface area contributed by atoms with Crippen LogP contribution >= 0.6 is 22.7 Å². The van der Waals surface area contributed by atoms with Crippen LogP contribution in [-0.2, 0) is 0 Å². The molecule has 4 aromatic rings. The van der Waals surface area contributed by atoms with E-state index in [0.29, 0.717) is 28.5 Å². The molecular weight excluding hydrogens is 580 g/mol. The highest BCUT2D eigenvalue weighted by atomic mass is 32.1. The Bertz CT molecular complexity index is 1320. The first-order valence-corrected chi connectivity index (χ1v) is 14.6. The first kappa shape index (κ1) is 33.9. The second-order valence-electron chi connectivity index (χ2n) is 8.55. The third-order valence-corrected chi connectivity index (χ3v) is 7.11. The summed E-state index contributed by atoms with van der Waals surface area (Å²) in [5, 5.41) is 31.9. The molecule has 0 atom stereocenters. The summed E-state index contributed by atoms with van der Waals surface area (Å²) in [6, 6.07) is 8.55. The Morgan fingerprint density at radius 3 is 1.68 bits per heavy atom. The number of Topliss-reactive ketones (excluding diaryl/α,β-unsaturated/α-hetero) is 1. The van der Waals surface area contributed by atoms with E-state index in [1.165, 1.54) is 24.3 Å². The van der Waals surface area contributed by atoms with Gasteiger partial charge in [-0.05, 0) is 62.9 Å². The number of aromatic carboxylic acids is 1. The molecule has 0 saturated heterocycles. The Morgan fingerprint density at radius 2 is 1.24 bits per heavy atom. The topological polar surface area (TPSA) is 173 Å². The van der Waals surface area contributed by atoms with Gasteiger partial charge in [-0.2, -0.15) is 8.78 Å². The van der Waals surface area contributed by atoms with Crippen LogP contribution in [0.25, 0.3) is 21.3 Å². The summed E-state index contributed by atoms with van der Waals surface area (Å²) in [5.41, 5.74) is 5.29. The molecule has 0 spiro atoms. The number of aromatic nitrogens is 2. The maximum Gasteiger partial charge on any atom is 0.358 e. The number of aliphatic hydroxyl groups excluding tert-OH is 2. The molecule has 0 radical (unpaired) electrons. The van der Waals surface area contributed by atoms with Crippen LogP contribution in [-0.4, -0.2) is 57.1 Å². The van der Waals surface area contributed by atoms with Gasteiger partial charge in [-0.1, -0.05) is 23.2 Å². The zero-order valence-corrected chi connectivity index (χ0v) is 23.9. The van der Waals surface area contributed by atoms with E-state index >= 15 is 0 Å². The quantitative estimate of drug-likeness (QED) is 0.0973. The van der Waals surface area contributed by atoms with Crippen LogP contribution in [0.4, 0.5) is 8.78 Å². The minimum atomic E-state index is -1.17. The van der Waals surface area contributed by atoms with Gasteiger partial charge < -0.3 is 30.1 Å². The van der Waals surface area contributed by atoms with Gasteiger partial charge in [0.2, 0.25) is 0 Å². The van der Waals surface area contributed by atoms with E-state index < -0.39 is 5.97 Å². The Hall–Kier alpha value is -3.30. The standard InChI is InChI=1S/C14H16FNO3S.C8H4FNO3S.C5H13NO/c15-14-7-6-13(20-14)12-9-10(16-19-12)11(18)5-3-1-2-4-8-17;9-7-2-1-6(14-7)5-3-4(8(11)12)10-13-5;6-4-2-1-3-5-7/h6-7,9,17H,1-5,8H2;1-3H,(H,11,12);7H,1-6H2. The molecule has 0 aliphatic carbocycles. The second-order valence-corrected chi connectivity index (χ2v) is 10.6. The van der Waals surface area contributed by atoms with Crippen LogP contribution < -0.4 is 5.73 Å². The molecule has 0 aliphatic rings. The number of halogens is 2. The van der Waals surface area contributed by atoms with Crippen molar-refractivity contribution < 1.29 is 42.7 Å². The van der Waals surface area contributed by atoms with Crippen molar-refractivity contribution >= 4 is 34.4 Å². The minimum absolute atomic E-state index is 0.0685. The van der Waals surface area contributed by atoms with Gasteiger partial charge >= 0.3 is 5.97 Å². The van der Waals surface area contributed by atoms with E-state index in [-0.39, 0.29) is 39.8 Å². The van der Waals surface area contributed by atoms with Crippen molar-refractivity contribution in [2.24, 2.45) is 5.73 Å². The van der Waals surface area contributed by atoms with E-state index in [0.717, 1.165) is 74.2 Å². The monoisotopic (exact) mass is 613 g/mol. The van der Waals surface area contributed by atoms with Crippen molar-refractivity contribution in [3.05, 3.63) is 58.0 Å². The van der Waals surface area contributed by atoms with E-state index in [1.807, 2.05) is 0 Å². The lowest BCUT2D eigenvalue weighted by molar-refractivity contribution is 0.0685. The third kappa shape index (κ3) is 12.4. The molecule has 10 nitrogen and oxygen atoms in total. The Labute approximate surface area is 243 Å². The SMILES string of the molecule is NCCCCCO.O=C(CCCCCCO)c1cc(-c2ccc(F)s2)on1.O=C(O)c1cc(-c2ccc(F)s2)on1. The first-order chi connectivity index (χ1) is 19.8. The lowest BCUT2D eigenvalue weighted by atomic mass is 10.1. The maximum atomic E-state index is 12.9. The smallest absolute Gasteiger partial charge is 0.358 e. The van der Waals surface area contributed by atoms with Crippen molar-refractivity contribution in [2.75, 3.05) is 19.8 Å². The van der Waals surface area contributed by atoms with E-state index in [4.69, 9.17) is 30.1 Å². The summed E-state index contributed by atoms with van der Waals surface area (Å²) < 4.78 is 35.3. The number of thiophene rings is 2. The largest absolute Gasteiger partial charge is 0.476 e. The van der Waals surface area contributed by atoms with Gasteiger partial charge in [0, 0.05) is 31.8 Å². The molecule has 0 saturated carbocycles. The summed E-state index contributed by atoms with van der Waals surface area (Å²) in [6.45, 7) is 1.25. The number of aliphatic hydroxyl groups is 2. The highest BCUT2D eigenvalue weighted by Crippen LogP contribution is 2.28. The lowest BCUT2D eigenvalue weighted by Gasteiger charge is -1.97. The molecule has 41 heavy (non-hydrogen) atoms. The molecule has 4 heterocycles. The number of ketones is 1. The molecule has 0 fully saturated rings. The van der Waals surface area contributed by atoms with Crippen molar-refractivity contribution in [3.8, 4) is 21.3 Å². The minimum Gasteiger partial charge on any atom is -0.476 e. The van der Waals surface area contributed by atoms with Crippen LogP contribution in [0, 0.1) is 10.3 Å². The number of carbonyl (C=O) groups is 2. The summed E-state index contributed by atoms with van der Waals surface area (Å²) >= 11 is 1.83. The molecule has 0 amide bonds. The summed E-state index contributed by atoms with van der Waals surface area (Å²) in [7, 11) is 0. The molecule has 4 aromatic heterocycles. The van der Waals surface area contributed by atoms with Crippen molar-refractivity contribution in [1.29, 1.82) is 0 Å². The molecule has 14 heteroatoms. The molecule has 0 aromatic carbocycles. The van der Waals surface area contributed by atoms with Gasteiger partial charge in [0.15, 0.2) is 33.3 Å². The zero-order chi connectivity index (χ0) is 30.0. The van der Waals surface area contributed by atoms with Crippen LogP contribution in [0.3, 0.4) is 0 Å².